The number of hydrogen-bond donors (Lipinski definition) is 1. The fourth-order valence-corrected chi connectivity index (χ4v) is 4.21. The summed E-state index contributed by atoms with van der Waals surface area (Å²) in [5.41, 5.74) is 4.77. The molecule has 0 aliphatic heterocycles. The molecule has 2 aromatic heterocycles. The molecule has 2 heterocycles. The zero-order chi connectivity index (χ0) is 19.5. The normalized spacial score (nSPS) is 12.8. The number of unbranched alkanes of at least 4 members (excludes halogenated alkanes) is 1. The van der Waals surface area contributed by atoms with Crippen LogP contribution in [0.2, 0.25) is 0 Å². The predicted molar refractivity (Wildman–Crippen MR) is 120 cm³/mol. The lowest BCUT2D eigenvalue weighted by atomic mass is 10.1. The van der Waals surface area contributed by atoms with E-state index in [0.717, 1.165) is 43.5 Å². The van der Waals surface area contributed by atoms with Crippen molar-refractivity contribution in [3.05, 3.63) is 53.9 Å². The molecule has 0 radical (unpaired) electrons. The molecule has 146 valence electrons. The van der Waals surface area contributed by atoms with Crippen molar-refractivity contribution in [2.24, 2.45) is 12.0 Å². The van der Waals surface area contributed by atoms with Gasteiger partial charge < -0.3 is 14.5 Å². The van der Waals surface area contributed by atoms with Gasteiger partial charge in [-0.15, -0.1) is 0 Å². The summed E-state index contributed by atoms with van der Waals surface area (Å²) in [5, 5.41) is 3.57. The lowest BCUT2D eigenvalue weighted by Crippen LogP contribution is -2.24. The monoisotopic (exact) mass is 374 g/mol. The lowest BCUT2D eigenvalue weighted by Gasteiger charge is -2.17. The predicted octanol–water partition coefficient (Wildman–Crippen LogP) is 4.84. The Kier molecular flexibility index (Phi) is 5.49. The minimum absolute atomic E-state index is 0.865. The second kappa shape index (κ2) is 8.19. The maximum Gasteiger partial charge on any atom is 0.0924 e. The quantitative estimate of drug-likeness (QED) is 0.462. The number of aromatic amines is 1. The van der Waals surface area contributed by atoms with Crippen molar-refractivity contribution in [1.29, 1.82) is 0 Å². The number of aromatic nitrogens is 2. The van der Waals surface area contributed by atoms with Crippen LogP contribution in [0.5, 0.6) is 0 Å². The first-order valence-electron chi connectivity index (χ1n) is 10.5. The van der Waals surface area contributed by atoms with Crippen molar-refractivity contribution in [2.45, 2.75) is 26.7 Å². The summed E-state index contributed by atoms with van der Waals surface area (Å²) in [6.45, 7) is 8.75. The zero-order valence-corrected chi connectivity index (χ0v) is 17.2. The molecule has 0 unspecified atom stereocenters. The molecule has 0 saturated heterocycles. The van der Waals surface area contributed by atoms with Crippen molar-refractivity contribution in [1.82, 2.24) is 14.5 Å². The third kappa shape index (κ3) is 3.33. The van der Waals surface area contributed by atoms with E-state index in [4.69, 9.17) is 4.99 Å². The van der Waals surface area contributed by atoms with Crippen molar-refractivity contribution < 1.29 is 0 Å². The van der Waals surface area contributed by atoms with Gasteiger partial charge in [0.25, 0.3) is 0 Å². The molecular formula is C24H30N4. The molecule has 0 atom stereocenters. The Morgan fingerprint density at radius 1 is 0.929 bits per heavy atom. The smallest absolute Gasteiger partial charge is 0.0924 e. The molecule has 1 N–H and O–H groups in total. The average molecular weight is 375 g/mol. The Balaban J connectivity index is 1.78. The van der Waals surface area contributed by atoms with Crippen molar-refractivity contribution >= 4 is 32.8 Å². The summed E-state index contributed by atoms with van der Waals surface area (Å²) in [6, 6.07) is 17.1. The lowest BCUT2D eigenvalue weighted by molar-refractivity contribution is 0.297. The van der Waals surface area contributed by atoms with Crippen molar-refractivity contribution in [3.63, 3.8) is 0 Å². The number of benzene rings is 2. The minimum Gasteiger partial charge on any atom is -0.351 e. The van der Waals surface area contributed by atoms with Crippen LogP contribution in [0.15, 0.2) is 53.5 Å². The van der Waals surface area contributed by atoms with E-state index in [1.165, 1.54) is 33.7 Å². The van der Waals surface area contributed by atoms with E-state index in [1.54, 1.807) is 0 Å². The van der Waals surface area contributed by atoms with E-state index in [-0.39, 0.29) is 0 Å². The highest BCUT2D eigenvalue weighted by Crippen LogP contribution is 2.26. The van der Waals surface area contributed by atoms with Gasteiger partial charge in [0.05, 0.1) is 21.9 Å². The van der Waals surface area contributed by atoms with Crippen LogP contribution in [0.1, 0.15) is 26.7 Å². The van der Waals surface area contributed by atoms with E-state index in [9.17, 15) is 0 Å². The van der Waals surface area contributed by atoms with Crippen molar-refractivity contribution in [3.8, 4) is 0 Å². The fraction of sp³-hybridized carbons (Fsp3) is 0.375. The molecule has 0 saturated carbocycles. The van der Waals surface area contributed by atoms with Gasteiger partial charge in [-0.05, 0) is 44.6 Å². The number of para-hydroxylation sites is 2. The SMILES string of the molecule is CCN(CC)CCCCN=c1c2ccccc2n(C)c2c1[nH]c1ccccc12. The number of H-pyrrole nitrogens is 1. The van der Waals surface area contributed by atoms with Crippen LogP contribution in [0.4, 0.5) is 0 Å². The Labute approximate surface area is 166 Å². The third-order valence-corrected chi connectivity index (χ3v) is 5.82. The topological polar surface area (TPSA) is 36.3 Å². The molecule has 0 amide bonds. The first kappa shape index (κ1) is 18.8. The van der Waals surface area contributed by atoms with Crippen LogP contribution in [-0.4, -0.2) is 40.6 Å². The van der Waals surface area contributed by atoms with Gasteiger partial charge in [-0.25, -0.2) is 0 Å². The Morgan fingerprint density at radius 3 is 2.43 bits per heavy atom. The number of pyridine rings is 1. The standard InChI is InChI=1S/C24H30N4/c1-4-28(5-2)17-11-10-16-25-22-19-13-7-9-15-21(19)27(3)24-18-12-6-8-14-20(18)26-23(22)24/h6-9,12-15,26H,4-5,10-11,16-17H2,1-3H3. The molecular weight excluding hydrogens is 344 g/mol. The van der Waals surface area contributed by atoms with Crippen LogP contribution in [-0.2, 0) is 7.05 Å². The highest BCUT2D eigenvalue weighted by Gasteiger charge is 2.12. The second-order valence-corrected chi connectivity index (χ2v) is 7.43. The molecule has 28 heavy (non-hydrogen) atoms. The molecule has 2 aromatic carbocycles. The molecule has 4 rings (SSSR count). The number of rotatable bonds is 7. The molecule has 0 spiro atoms. The van der Waals surface area contributed by atoms with Gasteiger partial charge >= 0.3 is 0 Å². The van der Waals surface area contributed by atoms with Crippen LogP contribution in [0.25, 0.3) is 32.8 Å². The van der Waals surface area contributed by atoms with Gasteiger partial charge in [-0.1, -0.05) is 50.2 Å². The molecule has 0 aliphatic rings. The van der Waals surface area contributed by atoms with E-state index in [1.807, 2.05) is 0 Å². The van der Waals surface area contributed by atoms with E-state index in [0.29, 0.717) is 0 Å². The molecule has 0 fully saturated rings. The van der Waals surface area contributed by atoms with Crippen LogP contribution in [0, 0.1) is 0 Å². The maximum atomic E-state index is 5.08. The maximum absolute atomic E-state index is 5.08. The first-order chi connectivity index (χ1) is 13.7. The first-order valence-corrected chi connectivity index (χ1v) is 10.5. The number of fused-ring (bicyclic) bond motifs is 4. The van der Waals surface area contributed by atoms with E-state index in [2.05, 4.69) is 83.9 Å². The Bertz CT molecular complexity index is 1160. The van der Waals surface area contributed by atoms with E-state index >= 15 is 0 Å². The largest absolute Gasteiger partial charge is 0.351 e. The van der Waals surface area contributed by atoms with Gasteiger partial charge in [0.1, 0.15) is 0 Å². The van der Waals surface area contributed by atoms with Gasteiger partial charge in [0.2, 0.25) is 0 Å². The summed E-state index contributed by atoms with van der Waals surface area (Å²) in [7, 11) is 2.15. The number of nitrogens with zero attached hydrogens (tertiary/aromatic N) is 3. The van der Waals surface area contributed by atoms with Crippen LogP contribution < -0.4 is 5.36 Å². The third-order valence-electron chi connectivity index (χ3n) is 5.82. The second-order valence-electron chi connectivity index (χ2n) is 7.43. The van der Waals surface area contributed by atoms with Gasteiger partial charge in [0, 0.05) is 29.9 Å². The molecule has 4 aromatic rings. The summed E-state index contributed by atoms with van der Waals surface area (Å²) in [4.78, 5) is 11.2. The van der Waals surface area contributed by atoms with Gasteiger partial charge in [-0.3, -0.25) is 4.99 Å². The highest BCUT2D eigenvalue weighted by molar-refractivity contribution is 6.08. The zero-order valence-electron chi connectivity index (χ0n) is 17.2. The molecule has 4 heteroatoms. The summed E-state index contributed by atoms with van der Waals surface area (Å²) >= 11 is 0. The number of nitrogens with one attached hydrogen (secondary N) is 1. The summed E-state index contributed by atoms with van der Waals surface area (Å²) in [5.74, 6) is 0. The minimum atomic E-state index is 0.865. The molecule has 4 nitrogen and oxygen atoms in total. The highest BCUT2D eigenvalue weighted by atomic mass is 15.1. The Morgan fingerprint density at radius 2 is 1.64 bits per heavy atom. The fourth-order valence-electron chi connectivity index (χ4n) is 4.21. The molecule has 0 aliphatic carbocycles. The van der Waals surface area contributed by atoms with E-state index < -0.39 is 0 Å². The number of aryl methyl sites for hydroxylation is 1. The van der Waals surface area contributed by atoms with Crippen LogP contribution in [0.3, 0.4) is 0 Å². The summed E-state index contributed by atoms with van der Waals surface area (Å²) < 4.78 is 2.29. The van der Waals surface area contributed by atoms with Gasteiger partial charge in [0.15, 0.2) is 0 Å². The average Bonchev–Trinajstić information content (AvgIpc) is 3.12. The Hall–Kier alpha value is -2.59. The van der Waals surface area contributed by atoms with Crippen LogP contribution >= 0.6 is 0 Å². The van der Waals surface area contributed by atoms with Gasteiger partial charge in [-0.2, -0.15) is 0 Å². The number of hydrogen-bond acceptors (Lipinski definition) is 2. The van der Waals surface area contributed by atoms with Crippen molar-refractivity contribution in [2.75, 3.05) is 26.2 Å². The molecule has 0 bridgehead atoms. The summed E-state index contributed by atoms with van der Waals surface area (Å²) in [6.07, 6.45) is 2.31.